The Morgan fingerprint density at radius 1 is 0.857 bits per heavy atom. The van der Waals surface area contributed by atoms with Gasteiger partial charge in [0.05, 0.1) is 18.3 Å². The smallest absolute Gasteiger partial charge is 0.340 e. The number of ether oxygens (including phenoxy) is 1. The van der Waals surface area contributed by atoms with E-state index in [1.807, 2.05) is 45.0 Å². The monoisotopic (exact) mass is 468 g/mol. The highest BCUT2D eigenvalue weighted by molar-refractivity contribution is 6.23. The molecule has 1 aliphatic rings. The quantitative estimate of drug-likeness (QED) is 0.338. The molecule has 0 aliphatic carbocycles. The minimum atomic E-state index is -0.517. The van der Waals surface area contributed by atoms with Gasteiger partial charge in [-0.15, -0.1) is 0 Å². The van der Waals surface area contributed by atoms with Crippen LogP contribution in [0.3, 0.4) is 0 Å². The number of hydrogen-bond acceptors (Lipinski definition) is 3. The topological polar surface area (TPSA) is 51.5 Å². The van der Waals surface area contributed by atoms with Crippen LogP contribution in [0.1, 0.15) is 46.1 Å². The van der Waals surface area contributed by atoms with Crippen LogP contribution in [0.15, 0.2) is 59.3 Å². The predicted octanol–water partition coefficient (Wildman–Crippen LogP) is 6.21. The SMILES string of the molecule is COC(=O)C1=C(C)N(c2ccc(C)c(C)c2)C(=O)/C1=C\c1cc(C)n(-c2ccc(C)cc2C)c1C. The average molecular weight is 469 g/mol. The number of nitrogens with zero attached hydrogens (tertiary/aromatic N) is 2. The van der Waals surface area contributed by atoms with Crippen LogP contribution in [0.4, 0.5) is 5.69 Å². The first kappa shape index (κ1) is 24.3. The third-order valence-electron chi connectivity index (χ3n) is 6.90. The molecule has 180 valence electrons. The van der Waals surface area contributed by atoms with Gasteiger partial charge in [0.2, 0.25) is 0 Å². The highest BCUT2D eigenvalue weighted by Crippen LogP contribution is 2.37. The molecule has 0 bridgehead atoms. The lowest BCUT2D eigenvalue weighted by Gasteiger charge is -2.19. The van der Waals surface area contributed by atoms with E-state index < -0.39 is 5.97 Å². The fourth-order valence-electron chi connectivity index (χ4n) is 4.87. The van der Waals surface area contributed by atoms with Gasteiger partial charge in [-0.05, 0) is 101 Å². The van der Waals surface area contributed by atoms with Gasteiger partial charge < -0.3 is 9.30 Å². The summed E-state index contributed by atoms with van der Waals surface area (Å²) >= 11 is 0. The third-order valence-corrected chi connectivity index (χ3v) is 6.90. The largest absolute Gasteiger partial charge is 0.465 e. The first-order valence-corrected chi connectivity index (χ1v) is 11.7. The van der Waals surface area contributed by atoms with Gasteiger partial charge in [0.1, 0.15) is 0 Å². The average Bonchev–Trinajstić information content (AvgIpc) is 3.21. The van der Waals surface area contributed by atoms with Crippen LogP contribution in [-0.2, 0) is 14.3 Å². The summed E-state index contributed by atoms with van der Waals surface area (Å²) in [6.45, 7) is 14.1. The van der Waals surface area contributed by atoms with E-state index in [4.69, 9.17) is 4.74 Å². The van der Waals surface area contributed by atoms with E-state index in [0.29, 0.717) is 16.8 Å². The van der Waals surface area contributed by atoms with Gasteiger partial charge in [-0.1, -0.05) is 23.8 Å². The minimum Gasteiger partial charge on any atom is -0.465 e. The molecule has 1 aromatic heterocycles. The van der Waals surface area contributed by atoms with Crippen molar-refractivity contribution in [1.29, 1.82) is 0 Å². The van der Waals surface area contributed by atoms with Crippen LogP contribution in [-0.4, -0.2) is 23.6 Å². The Morgan fingerprint density at radius 3 is 2.20 bits per heavy atom. The number of hydrogen-bond donors (Lipinski definition) is 0. The lowest BCUT2D eigenvalue weighted by atomic mass is 10.0. The summed E-state index contributed by atoms with van der Waals surface area (Å²) in [6.07, 6.45) is 1.82. The van der Waals surface area contributed by atoms with Crippen molar-refractivity contribution in [2.45, 2.75) is 48.5 Å². The molecule has 5 heteroatoms. The molecule has 1 aliphatic heterocycles. The van der Waals surface area contributed by atoms with Gasteiger partial charge in [0, 0.05) is 28.5 Å². The number of amides is 1. The van der Waals surface area contributed by atoms with Crippen molar-refractivity contribution in [1.82, 2.24) is 4.57 Å². The molecule has 2 heterocycles. The van der Waals surface area contributed by atoms with Gasteiger partial charge in [-0.25, -0.2) is 4.79 Å². The van der Waals surface area contributed by atoms with Gasteiger partial charge in [-0.2, -0.15) is 0 Å². The zero-order chi connectivity index (χ0) is 25.6. The van der Waals surface area contributed by atoms with E-state index in [2.05, 4.69) is 49.6 Å². The molecule has 0 N–H and O–H groups in total. The first-order valence-electron chi connectivity index (χ1n) is 11.7. The molecule has 0 saturated carbocycles. The van der Waals surface area contributed by atoms with Crippen LogP contribution < -0.4 is 4.90 Å². The van der Waals surface area contributed by atoms with Crippen LogP contribution in [0.5, 0.6) is 0 Å². The van der Waals surface area contributed by atoms with E-state index in [0.717, 1.165) is 39.5 Å². The molecule has 0 fully saturated rings. The Labute approximate surface area is 207 Å². The molecule has 0 unspecified atom stereocenters. The number of esters is 1. The molecule has 0 radical (unpaired) electrons. The van der Waals surface area contributed by atoms with Crippen LogP contribution >= 0.6 is 0 Å². The van der Waals surface area contributed by atoms with Crippen molar-refractivity contribution in [2.75, 3.05) is 12.0 Å². The number of allylic oxidation sites excluding steroid dienone is 1. The number of benzene rings is 2. The predicted molar refractivity (Wildman–Crippen MR) is 141 cm³/mol. The second-order valence-corrected chi connectivity index (χ2v) is 9.37. The van der Waals surface area contributed by atoms with Crippen molar-refractivity contribution in [3.05, 3.63) is 98.5 Å². The fraction of sp³-hybridized carbons (Fsp3) is 0.267. The molecular weight excluding hydrogens is 436 g/mol. The van der Waals surface area contributed by atoms with E-state index in [-0.39, 0.29) is 5.91 Å². The Bertz CT molecular complexity index is 1440. The molecule has 3 aromatic rings. The molecule has 1 amide bonds. The number of aromatic nitrogens is 1. The van der Waals surface area contributed by atoms with Crippen molar-refractivity contribution in [3.63, 3.8) is 0 Å². The van der Waals surface area contributed by atoms with Crippen molar-refractivity contribution >= 4 is 23.6 Å². The third kappa shape index (κ3) is 4.12. The summed E-state index contributed by atoms with van der Waals surface area (Å²) in [5.74, 6) is -0.751. The molecule has 2 aromatic carbocycles. The summed E-state index contributed by atoms with van der Waals surface area (Å²) in [5.41, 5.74) is 10.6. The number of methoxy groups -OCH3 is 1. The number of carbonyl (C=O) groups is 2. The Morgan fingerprint density at radius 2 is 1.57 bits per heavy atom. The normalized spacial score (nSPS) is 14.9. The van der Waals surface area contributed by atoms with E-state index in [1.54, 1.807) is 11.8 Å². The maximum absolute atomic E-state index is 13.7. The summed E-state index contributed by atoms with van der Waals surface area (Å²) < 4.78 is 7.27. The highest BCUT2D eigenvalue weighted by Gasteiger charge is 2.38. The lowest BCUT2D eigenvalue weighted by molar-refractivity contribution is -0.136. The lowest BCUT2D eigenvalue weighted by Crippen LogP contribution is -2.24. The Hall–Kier alpha value is -3.86. The summed E-state index contributed by atoms with van der Waals surface area (Å²) in [6, 6.07) is 14.3. The molecule has 0 spiro atoms. The standard InChI is InChI=1S/C30H32N2O3/c1-17-9-12-27(20(4)13-17)31-21(5)15-24(22(31)6)16-26-28(30(34)35-8)23(7)32(29(26)33)25-11-10-18(2)19(3)14-25/h9-16H,1-8H3/b26-16-. The number of rotatable bonds is 4. The number of carbonyl (C=O) groups excluding carboxylic acids is 2. The molecule has 5 nitrogen and oxygen atoms in total. The van der Waals surface area contributed by atoms with Gasteiger partial charge in [-0.3, -0.25) is 9.69 Å². The minimum absolute atomic E-state index is 0.234. The van der Waals surface area contributed by atoms with Crippen molar-refractivity contribution in [3.8, 4) is 5.69 Å². The number of aryl methyl sites for hydroxylation is 5. The van der Waals surface area contributed by atoms with Crippen molar-refractivity contribution in [2.24, 2.45) is 0 Å². The molecule has 0 atom stereocenters. The van der Waals surface area contributed by atoms with Crippen LogP contribution in [0.2, 0.25) is 0 Å². The summed E-state index contributed by atoms with van der Waals surface area (Å²) in [5, 5.41) is 0. The Kier molecular flexibility index (Phi) is 6.28. The molecular formula is C30H32N2O3. The molecule has 35 heavy (non-hydrogen) atoms. The maximum Gasteiger partial charge on any atom is 0.340 e. The van der Waals surface area contributed by atoms with E-state index in [1.165, 1.54) is 18.2 Å². The summed E-state index contributed by atoms with van der Waals surface area (Å²) in [7, 11) is 1.34. The zero-order valence-electron chi connectivity index (χ0n) is 21.7. The van der Waals surface area contributed by atoms with Crippen LogP contribution in [0, 0.1) is 41.5 Å². The van der Waals surface area contributed by atoms with Crippen molar-refractivity contribution < 1.29 is 14.3 Å². The zero-order valence-corrected chi connectivity index (χ0v) is 21.7. The molecule has 0 saturated heterocycles. The first-order chi connectivity index (χ1) is 16.5. The van der Waals surface area contributed by atoms with Gasteiger partial charge in [0.25, 0.3) is 5.91 Å². The van der Waals surface area contributed by atoms with E-state index in [9.17, 15) is 9.59 Å². The number of anilines is 1. The second kappa shape index (κ2) is 9.06. The van der Waals surface area contributed by atoms with E-state index >= 15 is 0 Å². The maximum atomic E-state index is 13.7. The van der Waals surface area contributed by atoms with Gasteiger partial charge in [0.15, 0.2) is 0 Å². The second-order valence-electron chi connectivity index (χ2n) is 9.37. The molecule has 4 rings (SSSR count). The Balaban J connectivity index is 1.86. The highest BCUT2D eigenvalue weighted by atomic mass is 16.5. The summed E-state index contributed by atoms with van der Waals surface area (Å²) in [4.78, 5) is 28.1. The van der Waals surface area contributed by atoms with Gasteiger partial charge >= 0.3 is 5.97 Å². The fourth-order valence-corrected chi connectivity index (χ4v) is 4.87. The van der Waals surface area contributed by atoms with Crippen LogP contribution in [0.25, 0.3) is 11.8 Å².